The number of carbonyl (C=O) groups excluding carboxylic acids is 3. The molecule has 14 heteroatoms. The van der Waals surface area contributed by atoms with Crippen molar-refractivity contribution in [3.63, 3.8) is 0 Å². The molecule has 6 rings (SSSR count). The van der Waals surface area contributed by atoms with Crippen LogP contribution in [0.2, 0.25) is 5.02 Å². The maximum atomic E-state index is 14.1. The number of pyridine rings is 1. The molecule has 2 aliphatic heterocycles. The summed E-state index contributed by atoms with van der Waals surface area (Å²) in [5.74, 6) is 1.81. The molecule has 13 nitrogen and oxygen atoms in total. The SMILES string of the molecule is CC(C)Nc1cc(O[C@@H]2C[C@@H](C(N)=O)N(C(=O)[C@@H](NC(=O)OC3C[C@@H]4C[C@@H]4C3)C(C)(C)C)C2)c2ccc(OCCN3CCOCC3)c(Cl)c2n1. The summed E-state index contributed by atoms with van der Waals surface area (Å²) in [5.41, 5.74) is 5.68. The number of fused-ring (bicyclic) bond motifs is 2. The van der Waals surface area contributed by atoms with Gasteiger partial charge in [0.2, 0.25) is 11.8 Å². The van der Waals surface area contributed by atoms with Crippen LogP contribution in [0.15, 0.2) is 18.2 Å². The summed E-state index contributed by atoms with van der Waals surface area (Å²) in [6, 6.07) is 3.66. The lowest BCUT2D eigenvalue weighted by Crippen LogP contribution is -2.57. The molecule has 2 aromatic rings. The van der Waals surface area contributed by atoms with E-state index in [1.165, 1.54) is 11.3 Å². The summed E-state index contributed by atoms with van der Waals surface area (Å²) in [6.07, 6.45) is 1.80. The molecular weight excluding hydrogens is 664 g/mol. The van der Waals surface area contributed by atoms with E-state index in [9.17, 15) is 14.4 Å². The molecule has 0 radical (unpaired) electrons. The fourth-order valence-corrected chi connectivity index (χ4v) is 7.61. The summed E-state index contributed by atoms with van der Waals surface area (Å²) in [4.78, 5) is 48.3. The first kappa shape index (κ1) is 36.2. The highest BCUT2D eigenvalue weighted by Gasteiger charge is 2.48. The average molecular weight is 715 g/mol. The molecule has 0 bridgehead atoms. The zero-order valence-corrected chi connectivity index (χ0v) is 30.5. The van der Waals surface area contributed by atoms with E-state index in [1.54, 1.807) is 12.1 Å². The number of hydrogen-bond acceptors (Lipinski definition) is 10. The highest BCUT2D eigenvalue weighted by Crippen LogP contribution is 2.52. The fourth-order valence-electron chi connectivity index (χ4n) is 7.35. The largest absolute Gasteiger partial charge is 0.491 e. The third-order valence-electron chi connectivity index (χ3n) is 10.1. The molecule has 2 aliphatic carbocycles. The Balaban J connectivity index is 1.19. The molecule has 0 spiro atoms. The minimum absolute atomic E-state index is 0.0752. The topological polar surface area (TPSA) is 158 Å². The zero-order valence-electron chi connectivity index (χ0n) is 29.7. The Morgan fingerprint density at radius 1 is 1.06 bits per heavy atom. The predicted molar refractivity (Wildman–Crippen MR) is 189 cm³/mol. The Labute approximate surface area is 298 Å². The van der Waals surface area contributed by atoms with E-state index in [0.29, 0.717) is 64.9 Å². The number of likely N-dealkylation sites (tertiary alicyclic amines) is 1. The third-order valence-corrected chi connectivity index (χ3v) is 10.4. The smallest absolute Gasteiger partial charge is 0.408 e. The van der Waals surface area contributed by atoms with E-state index >= 15 is 0 Å². The van der Waals surface area contributed by atoms with Crippen LogP contribution in [0.5, 0.6) is 11.5 Å². The van der Waals surface area contributed by atoms with Crippen LogP contribution in [0.4, 0.5) is 10.6 Å². The number of nitrogens with two attached hydrogens (primary N) is 1. The first-order valence-corrected chi connectivity index (χ1v) is 18.2. The third kappa shape index (κ3) is 8.48. The van der Waals surface area contributed by atoms with Crippen LogP contribution in [0.3, 0.4) is 0 Å². The first-order chi connectivity index (χ1) is 23.8. The molecule has 1 aromatic carbocycles. The number of hydrogen-bond donors (Lipinski definition) is 3. The molecule has 2 saturated heterocycles. The quantitative estimate of drug-likeness (QED) is 0.291. The second kappa shape index (κ2) is 15.0. The Bertz CT molecular complexity index is 1570. The monoisotopic (exact) mass is 714 g/mol. The number of ether oxygens (including phenoxy) is 4. The second-order valence-electron chi connectivity index (χ2n) is 15.5. The normalized spacial score (nSPS) is 25.7. The number of nitrogens with one attached hydrogen (secondary N) is 2. The van der Waals surface area contributed by atoms with Crippen molar-refractivity contribution in [2.24, 2.45) is 23.0 Å². The van der Waals surface area contributed by atoms with E-state index in [4.69, 9.17) is 41.3 Å². The van der Waals surface area contributed by atoms with Gasteiger partial charge in [0.1, 0.15) is 53.2 Å². The number of nitrogens with zero attached hydrogens (tertiary/aromatic N) is 3. The van der Waals surface area contributed by atoms with Crippen molar-refractivity contribution < 1.29 is 33.3 Å². The van der Waals surface area contributed by atoms with Crippen LogP contribution < -0.4 is 25.8 Å². The van der Waals surface area contributed by atoms with E-state index in [0.717, 1.165) is 32.5 Å². The number of amides is 3. The molecule has 3 amide bonds. The highest BCUT2D eigenvalue weighted by molar-refractivity contribution is 6.36. The van der Waals surface area contributed by atoms with Crippen LogP contribution in [-0.2, 0) is 19.1 Å². The number of benzene rings is 1. The lowest BCUT2D eigenvalue weighted by atomic mass is 9.85. The second-order valence-corrected chi connectivity index (χ2v) is 15.8. The van der Waals surface area contributed by atoms with Crippen LogP contribution >= 0.6 is 11.6 Å². The van der Waals surface area contributed by atoms with E-state index in [-0.39, 0.29) is 25.1 Å². The summed E-state index contributed by atoms with van der Waals surface area (Å²) in [5, 5.41) is 7.16. The summed E-state index contributed by atoms with van der Waals surface area (Å²) >= 11 is 6.91. The van der Waals surface area contributed by atoms with Gasteiger partial charge in [-0.2, -0.15) is 0 Å². The summed E-state index contributed by atoms with van der Waals surface area (Å²) < 4.78 is 23.8. The highest BCUT2D eigenvalue weighted by atomic mass is 35.5. The predicted octanol–water partition coefficient (Wildman–Crippen LogP) is 4.19. The Kier molecular flexibility index (Phi) is 10.9. The number of anilines is 1. The van der Waals surface area contributed by atoms with Crippen molar-refractivity contribution in [3.8, 4) is 11.5 Å². The molecule has 1 unspecified atom stereocenters. The molecule has 50 heavy (non-hydrogen) atoms. The maximum Gasteiger partial charge on any atom is 0.408 e. The van der Waals surface area contributed by atoms with Gasteiger partial charge in [0.05, 0.1) is 25.3 Å². The van der Waals surface area contributed by atoms with Crippen LogP contribution in [0, 0.1) is 17.3 Å². The van der Waals surface area contributed by atoms with Crippen LogP contribution in [-0.4, -0.2) is 109 Å². The number of halogens is 1. The molecule has 3 heterocycles. The Morgan fingerprint density at radius 3 is 2.44 bits per heavy atom. The van der Waals surface area contributed by atoms with Crippen molar-refractivity contribution in [1.29, 1.82) is 0 Å². The van der Waals surface area contributed by atoms with Gasteiger partial charge >= 0.3 is 6.09 Å². The molecule has 4 aliphatic rings. The van der Waals surface area contributed by atoms with Crippen molar-refractivity contribution in [3.05, 3.63) is 23.2 Å². The first-order valence-electron chi connectivity index (χ1n) is 17.8. The minimum Gasteiger partial charge on any atom is -0.491 e. The van der Waals surface area contributed by atoms with Gasteiger partial charge in [-0.1, -0.05) is 32.4 Å². The molecule has 4 fully saturated rings. The average Bonchev–Trinajstić information content (AvgIpc) is 3.43. The minimum atomic E-state index is -0.949. The maximum absolute atomic E-state index is 14.1. The number of primary amides is 1. The van der Waals surface area contributed by atoms with E-state index in [1.807, 2.05) is 40.7 Å². The van der Waals surface area contributed by atoms with Crippen molar-refractivity contribution in [1.82, 2.24) is 20.1 Å². The van der Waals surface area contributed by atoms with Gasteiger partial charge in [-0.25, -0.2) is 9.78 Å². The van der Waals surface area contributed by atoms with Crippen LogP contribution in [0.1, 0.15) is 60.3 Å². The lowest BCUT2D eigenvalue weighted by molar-refractivity contribution is -0.141. The van der Waals surface area contributed by atoms with Gasteiger partial charge in [0.25, 0.3) is 0 Å². The van der Waals surface area contributed by atoms with Crippen molar-refractivity contribution in [2.45, 2.75) is 90.6 Å². The van der Waals surface area contributed by atoms with E-state index < -0.39 is 41.5 Å². The number of aromatic nitrogens is 1. The molecule has 2 saturated carbocycles. The molecule has 4 N–H and O–H groups in total. The Hall–Kier alpha value is -3.55. The van der Waals surface area contributed by atoms with Gasteiger partial charge in [-0.3, -0.25) is 14.5 Å². The van der Waals surface area contributed by atoms with Gasteiger partial charge < -0.3 is 40.2 Å². The summed E-state index contributed by atoms with van der Waals surface area (Å²) in [7, 11) is 0. The summed E-state index contributed by atoms with van der Waals surface area (Å²) in [6.45, 7) is 14.1. The van der Waals surface area contributed by atoms with Crippen LogP contribution in [0.25, 0.3) is 10.9 Å². The van der Waals surface area contributed by atoms with Crippen molar-refractivity contribution in [2.75, 3.05) is 51.3 Å². The Morgan fingerprint density at radius 2 is 1.78 bits per heavy atom. The number of carbonyl (C=O) groups is 3. The van der Waals surface area contributed by atoms with Crippen molar-refractivity contribution >= 4 is 46.2 Å². The number of alkyl carbamates (subject to hydrolysis) is 1. The lowest BCUT2D eigenvalue weighted by Gasteiger charge is -2.35. The molecule has 274 valence electrons. The molecule has 6 atom stereocenters. The number of morpholine rings is 1. The molecule has 1 aromatic heterocycles. The standard InChI is InChI=1S/C36H51ClN6O7/c1-20(2)39-29-18-28(25-6-7-27(30(37)31(25)40-29)48-13-10-42-8-11-47-12-9-42)49-24-17-26(33(38)44)43(19-24)34(45)32(36(3,4)5)41-35(46)50-23-15-21-14-22(21)16-23/h6-7,18,20-24,26,32H,8-17,19H2,1-5H3,(H2,38,44)(H,39,40)(H,41,46)/t21-,22+,23?,24-,26+,32-/m1/s1. The fraction of sp³-hybridized carbons (Fsp3) is 0.667. The van der Waals surface area contributed by atoms with Gasteiger partial charge in [-0.05, 0) is 62.5 Å². The zero-order chi connectivity index (χ0) is 35.7. The van der Waals surface area contributed by atoms with E-state index in [2.05, 4.69) is 15.5 Å². The van der Waals surface area contributed by atoms with Gasteiger partial charge in [-0.15, -0.1) is 0 Å². The van der Waals surface area contributed by atoms with Gasteiger partial charge in [0.15, 0.2) is 0 Å². The molecular formula is C36H51ClN6O7. The van der Waals surface area contributed by atoms with Gasteiger partial charge in [0, 0.05) is 43.5 Å². The number of rotatable bonds is 12.